The third kappa shape index (κ3) is 4.07. The predicted molar refractivity (Wildman–Crippen MR) is 58.7 cm³/mol. The minimum atomic E-state index is -0.103. The van der Waals surface area contributed by atoms with E-state index in [1.54, 1.807) is 19.2 Å². The van der Waals surface area contributed by atoms with Gasteiger partial charge in [0.25, 0.3) is 0 Å². The van der Waals surface area contributed by atoms with E-state index < -0.39 is 0 Å². The van der Waals surface area contributed by atoms with Crippen LogP contribution in [0.1, 0.15) is 18.4 Å². The van der Waals surface area contributed by atoms with E-state index in [2.05, 4.69) is 10.3 Å². The summed E-state index contributed by atoms with van der Waals surface area (Å²) in [7, 11) is 1.60. The monoisotopic (exact) mass is 219 g/mol. The Balaban J connectivity index is 2.41. The lowest BCUT2D eigenvalue weighted by atomic mass is 10.3. The van der Waals surface area contributed by atoms with Gasteiger partial charge in [-0.25, -0.2) is 4.98 Å². The number of ether oxygens (including phenoxy) is 1. The number of anilines is 1. The lowest BCUT2D eigenvalue weighted by molar-refractivity contribution is -0.116. The van der Waals surface area contributed by atoms with Crippen LogP contribution in [0.15, 0.2) is 18.3 Å². The maximum atomic E-state index is 11.4. The Morgan fingerprint density at radius 2 is 2.44 bits per heavy atom. The first-order valence-electron chi connectivity index (χ1n) is 4.91. The van der Waals surface area contributed by atoms with Crippen LogP contribution in [-0.2, 0) is 9.53 Å². The summed E-state index contributed by atoms with van der Waals surface area (Å²) >= 11 is 0. The molecule has 0 aliphatic heterocycles. The molecule has 0 spiro atoms. The zero-order valence-electron chi connectivity index (χ0n) is 9.06. The van der Waals surface area contributed by atoms with Gasteiger partial charge in [-0.3, -0.25) is 4.79 Å². The van der Waals surface area contributed by atoms with Crippen molar-refractivity contribution in [1.82, 2.24) is 4.98 Å². The maximum absolute atomic E-state index is 11.4. The van der Waals surface area contributed by atoms with Gasteiger partial charge in [-0.15, -0.1) is 0 Å². The summed E-state index contributed by atoms with van der Waals surface area (Å²) in [5, 5.41) is 11.2. The maximum Gasteiger partial charge on any atom is 0.225 e. The molecule has 5 heteroatoms. The standard InChI is InChI=1S/C11H13N3O2/c1-16-6-2-3-11(15)14-10-5-4-9(7-12)8-13-10/h4-5,8H,2-3,6H2,1H3,(H,13,14,15). The van der Waals surface area contributed by atoms with Crippen LogP contribution < -0.4 is 5.32 Å². The molecule has 16 heavy (non-hydrogen) atoms. The van der Waals surface area contributed by atoms with Gasteiger partial charge in [0.1, 0.15) is 11.9 Å². The molecule has 0 saturated carbocycles. The van der Waals surface area contributed by atoms with Gasteiger partial charge in [0.15, 0.2) is 0 Å². The van der Waals surface area contributed by atoms with Gasteiger partial charge in [-0.1, -0.05) is 0 Å². The number of carbonyl (C=O) groups is 1. The highest BCUT2D eigenvalue weighted by molar-refractivity contribution is 5.89. The Bertz CT molecular complexity index is 381. The fraction of sp³-hybridized carbons (Fsp3) is 0.364. The average molecular weight is 219 g/mol. The molecule has 1 heterocycles. The van der Waals surface area contributed by atoms with E-state index in [0.29, 0.717) is 30.8 Å². The fourth-order valence-electron chi connectivity index (χ4n) is 1.12. The van der Waals surface area contributed by atoms with Crippen LogP contribution in [0.5, 0.6) is 0 Å². The van der Waals surface area contributed by atoms with Crippen LogP contribution in [0.2, 0.25) is 0 Å². The molecule has 0 aromatic carbocycles. The van der Waals surface area contributed by atoms with Gasteiger partial charge in [-0.2, -0.15) is 5.26 Å². The fourth-order valence-corrected chi connectivity index (χ4v) is 1.12. The van der Waals surface area contributed by atoms with E-state index in [1.807, 2.05) is 6.07 Å². The van der Waals surface area contributed by atoms with Gasteiger partial charge in [0, 0.05) is 26.3 Å². The molecule has 0 aliphatic rings. The predicted octanol–water partition coefficient (Wildman–Crippen LogP) is 1.32. The second-order valence-electron chi connectivity index (χ2n) is 3.19. The minimum absolute atomic E-state index is 0.103. The Morgan fingerprint density at radius 1 is 1.62 bits per heavy atom. The number of aromatic nitrogens is 1. The number of amides is 1. The quantitative estimate of drug-likeness (QED) is 0.758. The van der Waals surface area contributed by atoms with Crippen LogP contribution in [0.4, 0.5) is 5.82 Å². The van der Waals surface area contributed by atoms with Crippen LogP contribution in [0.25, 0.3) is 0 Å². The molecule has 0 aliphatic carbocycles. The lowest BCUT2D eigenvalue weighted by Gasteiger charge is -2.03. The van der Waals surface area contributed by atoms with Crippen molar-refractivity contribution in [3.05, 3.63) is 23.9 Å². The summed E-state index contributed by atoms with van der Waals surface area (Å²) in [6.45, 7) is 0.564. The molecule has 1 rings (SSSR count). The van der Waals surface area contributed by atoms with Crippen molar-refractivity contribution in [2.24, 2.45) is 0 Å². The van der Waals surface area contributed by atoms with E-state index in [1.165, 1.54) is 6.20 Å². The molecule has 0 saturated heterocycles. The zero-order valence-corrected chi connectivity index (χ0v) is 9.06. The normalized spacial score (nSPS) is 9.50. The van der Waals surface area contributed by atoms with Crippen LogP contribution in [-0.4, -0.2) is 24.6 Å². The second-order valence-corrected chi connectivity index (χ2v) is 3.19. The van der Waals surface area contributed by atoms with Gasteiger partial charge in [-0.05, 0) is 18.6 Å². The lowest BCUT2D eigenvalue weighted by Crippen LogP contribution is -2.13. The Kier molecular flexibility index (Phi) is 4.96. The van der Waals surface area contributed by atoms with Crippen molar-refractivity contribution < 1.29 is 9.53 Å². The highest BCUT2D eigenvalue weighted by atomic mass is 16.5. The first-order chi connectivity index (χ1) is 7.76. The first-order valence-corrected chi connectivity index (χ1v) is 4.91. The number of carbonyl (C=O) groups excluding carboxylic acids is 1. The van der Waals surface area contributed by atoms with Crippen molar-refractivity contribution in [3.63, 3.8) is 0 Å². The molecule has 1 aromatic rings. The molecule has 0 unspecified atom stereocenters. The van der Waals surface area contributed by atoms with Gasteiger partial charge in [0.05, 0.1) is 5.56 Å². The highest BCUT2D eigenvalue weighted by Crippen LogP contribution is 2.05. The smallest absolute Gasteiger partial charge is 0.225 e. The Morgan fingerprint density at radius 3 is 3.00 bits per heavy atom. The molecule has 0 fully saturated rings. The van der Waals surface area contributed by atoms with E-state index >= 15 is 0 Å². The van der Waals surface area contributed by atoms with Crippen molar-refractivity contribution in [1.29, 1.82) is 5.26 Å². The summed E-state index contributed by atoms with van der Waals surface area (Å²) in [4.78, 5) is 15.3. The molecule has 5 nitrogen and oxygen atoms in total. The molecule has 1 N–H and O–H groups in total. The van der Waals surface area contributed by atoms with Gasteiger partial charge >= 0.3 is 0 Å². The molecule has 84 valence electrons. The minimum Gasteiger partial charge on any atom is -0.385 e. The number of nitrogens with one attached hydrogen (secondary N) is 1. The first kappa shape index (κ1) is 12.1. The van der Waals surface area contributed by atoms with E-state index in [9.17, 15) is 4.79 Å². The summed E-state index contributed by atoms with van der Waals surface area (Å²) in [6, 6.07) is 5.17. The van der Waals surface area contributed by atoms with E-state index in [4.69, 9.17) is 10.00 Å². The van der Waals surface area contributed by atoms with E-state index in [-0.39, 0.29) is 5.91 Å². The number of nitriles is 1. The van der Waals surface area contributed by atoms with E-state index in [0.717, 1.165) is 0 Å². The van der Waals surface area contributed by atoms with Crippen molar-refractivity contribution in [2.45, 2.75) is 12.8 Å². The molecule has 0 radical (unpaired) electrons. The molecule has 0 atom stereocenters. The topological polar surface area (TPSA) is 75.0 Å². The van der Waals surface area contributed by atoms with Crippen LogP contribution in [0, 0.1) is 11.3 Å². The van der Waals surface area contributed by atoms with Gasteiger partial charge in [0.2, 0.25) is 5.91 Å². The van der Waals surface area contributed by atoms with Crippen LogP contribution in [0.3, 0.4) is 0 Å². The molecule has 0 bridgehead atoms. The summed E-state index contributed by atoms with van der Waals surface area (Å²) in [5.41, 5.74) is 0.470. The SMILES string of the molecule is COCCCC(=O)Nc1ccc(C#N)cn1. The van der Waals surface area contributed by atoms with Crippen molar-refractivity contribution in [2.75, 3.05) is 19.0 Å². The number of methoxy groups -OCH3 is 1. The highest BCUT2D eigenvalue weighted by Gasteiger charge is 2.02. The van der Waals surface area contributed by atoms with Gasteiger partial charge < -0.3 is 10.1 Å². The summed E-state index contributed by atoms with van der Waals surface area (Å²) in [5.74, 6) is 0.357. The average Bonchev–Trinajstić information content (AvgIpc) is 2.30. The Hall–Kier alpha value is -1.93. The number of rotatable bonds is 5. The number of hydrogen-bond donors (Lipinski definition) is 1. The third-order valence-corrected chi connectivity index (χ3v) is 1.91. The molecule has 1 aromatic heterocycles. The molecular weight excluding hydrogens is 206 g/mol. The third-order valence-electron chi connectivity index (χ3n) is 1.91. The zero-order chi connectivity index (χ0) is 11.8. The largest absolute Gasteiger partial charge is 0.385 e. The summed E-state index contributed by atoms with van der Waals surface area (Å²) in [6.07, 6.45) is 2.50. The second kappa shape index (κ2) is 6.53. The van der Waals surface area contributed by atoms with Crippen molar-refractivity contribution in [3.8, 4) is 6.07 Å². The number of hydrogen-bond acceptors (Lipinski definition) is 4. The number of pyridine rings is 1. The number of nitrogens with zero attached hydrogens (tertiary/aromatic N) is 2. The Labute approximate surface area is 94.1 Å². The van der Waals surface area contributed by atoms with Crippen LogP contribution >= 0.6 is 0 Å². The molecular formula is C11H13N3O2. The molecule has 1 amide bonds. The van der Waals surface area contributed by atoms with Crippen molar-refractivity contribution >= 4 is 11.7 Å². The summed E-state index contributed by atoms with van der Waals surface area (Å²) < 4.78 is 4.84.